The first-order valence-electron chi connectivity index (χ1n) is 10.4. The minimum Gasteiger partial charge on any atom is -0.487 e. The van der Waals surface area contributed by atoms with E-state index in [4.69, 9.17) is 4.74 Å². The number of carbonyl (C=O) groups excluding carboxylic acids is 1. The predicted molar refractivity (Wildman–Crippen MR) is 116 cm³/mol. The maximum atomic E-state index is 12.6. The summed E-state index contributed by atoms with van der Waals surface area (Å²) in [4.78, 5) is 15.0. The van der Waals surface area contributed by atoms with Gasteiger partial charge in [0.1, 0.15) is 11.9 Å². The molecule has 6 nitrogen and oxygen atoms in total. The number of fused-ring (bicyclic) bond motifs is 1. The van der Waals surface area contributed by atoms with E-state index in [1.165, 1.54) is 6.26 Å². The fourth-order valence-electron chi connectivity index (χ4n) is 4.30. The van der Waals surface area contributed by atoms with E-state index >= 15 is 0 Å². The van der Waals surface area contributed by atoms with Gasteiger partial charge in [-0.3, -0.25) is 9.69 Å². The molecule has 0 aliphatic carbocycles. The fraction of sp³-hybridized carbons (Fsp3) is 0.435. The van der Waals surface area contributed by atoms with Gasteiger partial charge in [0.15, 0.2) is 9.84 Å². The Morgan fingerprint density at radius 2 is 1.93 bits per heavy atom. The minimum absolute atomic E-state index is 0.0496. The van der Waals surface area contributed by atoms with E-state index in [1.54, 1.807) is 12.1 Å². The largest absolute Gasteiger partial charge is 0.487 e. The van der Waals surface area contributed by atoms with Crippen LogP contribution in [0, 0.1) is 0 Å². The maximum absolute atomic E-state index is 12.6. The van der Waals surface area contributed by atoms with Crippen molar-refractivity contribution in [2.45, 2.75) is 42.7 Å². The van der Waals surface area contributed by atoms with Gasteiger partial charge in [-0.05, 0) is 49.7 Å². The van der Waals surface area contributed by atoms with Gasteiger partial charge in [0.05, 0.1) is 17.5 Å². The lowest BCUT2D eigenvalue weighted by molar-refractivity contribution is -0.127. The standard InChI is InChI=1S/C23H28N2O4S/c1-25-13-4-3-8-21(25)23(26)24-15-18-14-17-6-5-7-20(22(17)29-18)16-9-11-19(12-10-16)30(2,27)28/h5-7,9-12,18,21H,3-4,8,13-15H2,1-2H3,(H,24,26)/t18-,21-/m0/s1. The summed E-state index contributed by atoms with van der Waals surface area (Å²) in [5, 5.41) is 3.07. The topological polar surface area (TPSA) is 75.7 Å². The zero-order chi connectivity index (χ0) is 21.3. The van der Waals surface area contributed by atoms with Gasteiger partial charge in [-0.1, -0.05) is 36.8 Å². The molecule has 2 atom stereocenters. The molecule has 0 radical (unpaired) electrons. The number of ether oxygens (including phenoxy) is 1. The Morgan fingerprint density at radius 1 is 1.17 bits per heavy atom. The van der Waals surface area contributed by atoms with Crippen LogP contribution in [0.25, 0.3) is 11.1 Å². The van der Waals surface area contributed by atoms with Crippen molar-refractivity contribution in [3.05, 3.63) is 48.0 Å². The third-order valence-electron chi connectivity index (χ3n) is 6.00. The molecule has 0 aromatic heterocycles. The number of carbonyl (C=O) groups is 1. The molecule has 2 aliphatic rings. The Labute approximate surface area is 178 Å². The molecule has 7 heteroatoms. The summed E-state index contributed by atoms with van der Waals surface area (Å²) in [6.45, 7) is 1.44. The highest BCUT2D eigenvalue weighted by Crippen LogP contribution is 2.39. The van der Waals surface area contributed by atoms with Gasteiger partial charge >= 0.3 is 0 Å². The summed E-state index contributed by atoms with van der Waals surface area (Å²) in [5.41, 5.74) is 2.95. The second-order valence-electron chi connectivity index (χ2n) is 8.27. The van der Waals surface area contributed by atoms with E-state index in [1.807, 2.05) is 37.4 Å². The van der Waals surface area contributed by atoms with Crippen LogP contribution < -0.4 is 10.1 Å². The molecule has 2 aliphatic heterocycles. The molecule has 30 heavy (non-hydrogen) atoms. The van der Waals surface area contributed by atoms with E-state index in [0.717, 1.165) is 54.7 Å². The first-order chi connectivity index (χ1) is 14.3. The van der Waals surface area contributed by atoms with Gasteiger partial charge in [-0.2, -0.15) is 0 Å². The van der Waals surface area contributed by atoms with Crippen molar-refractivity contribution in [3.63, 3.8) is 0 Å². The Morgan fingerprint density at radius 3 is 2.63 bits per heavy atom. The lowest BCUT2D eigenvalue weighted by atomic mass is 10.0. The van der Waals surface area contributed by atoms with Crippen LogP contribution >= 0.6 is 0 Å². The van der Waals surface area contributed by atoms with E-state index in [2.05, 4.69) is 10.2 Å². The molecule has 2 aromatic rings. The van der Waals surface area contributed by atoms with Crippen molar-refractivity contribution in [2.24, 2.45) is 0 Å². The molecule has 1 N–H and O–H groups in total. The molecule has 2 aromatic carbocycles. The Hall–Kier alpha value is -2.38. The van der Waals surface area contributed by atoms with Crippen molar-refractivity contribution in [1.82, 2.24) is 10.2 Å². The van der Waals surface area contributed by atoms with Gasteiger partial charge in [-0.15, -0.1) is 0 Å². The molecular formula is C23H28N2O4S. The first-order valence-corrected chi connectivity index (χ1v) is 12.3. The summed E-state index contributed by atoms with van der Waals surface area (Å²) in [7, 11) is -1.22. The Kier molecular flexibility index (Phi) is 5.84. The quantitative estimate of drug-likeness (QED) is 0.792. The molecule has 0 saturated carbocycles. The summed E-state index contributed by atoms with van der Waals surface area (Å²) in [6, 6.07) is 12.8. The molecule has 0 spiro atoms. The highest BCUT2D eigenvalue weighted by Gasteiger charge is 2.29. The van der Waals surface area contributed by atoms with Gasteiger partial charge in [0.2, 0.25) is 5.91 Å². The van der Waals surface area contributed by atoms with Gasteiger partial charge in [0, 0.05) is 18.2 Å². The molecule has 1 saturated heterocycles. The summed E-state index contributed by atoms with van der Waals surface area (Å²) >= 11 is 0. The number of para-hydroxylation sites is 1. The van der Waals surface area contributed by atoms with Crippen molar-refractivity contribution in [3.8, 4) is 16.9 Å². The number of likely N-dealkylation sites (N-methyl/N-ethyl adjacent to an activating group) is 1. The molecular weight excluding hydrogens is 400 g/mol. The van der Waals surface area contributed by atoms with Crippen LogP contribution in [0.5, 0.6) is 5.75 Å². The number of likely N-dealkylation sites (tertiary alicyclic amines) is 1. The number of amides is 1. The van der Waals surface area contributed by atoms with Crippen LogP contribution in [0.2, 0.25) is 0 Å². The van der Waals surface area contributed by atoms with Crippen LogP contribution in [0.3, 0.4) is 0 Å². The monoisotopic (exact) mass is 428 g/mol. The normalized spacial score (nSPS) is 21.7. The van der Waals surface area contributed by atoms with Crippen LogP contribution in [0.4, 0.5) is 0 Å². The van der Waals surface area contributed by atoms with Gasteiger partial charge in [0.25, 0.3) is 0 Å². The molecule has 2 heterocycles. The van der Waals surface area contributed by atoms with Gasteiger partial charge in [-0.25, -0.2) is 8.42 Å². The van der Waals surface area contributed by atoms with Crippen LogP contribution in [-0.2, 0) is 21.1 Å². The number of sulfone groups is 1. The predicted octanol–water partition coefficient (Wildman–Crippen LogP) is 2.66. The third-order valence-corrected chi connectivity index (χ3v) is 7.13. The maximum Gasteiger partial charge on any atom is 0.237 e. The average Bonchev–Trinajstić information content (AvgIpc) is 3.15. The minimum atomic E-state index is -3.23. The highest BCUT2D eigenvalue weighted by atomic mass is 32.2. The number of nitrogens with one attached hydrogen (secondary N) is 1. The number of nitrogens with zero attached hydrogens (tertiary/aromatic N) is 1. The molecule has 1 amide bonds. The van der Waals surface area contributed by atoms with Gasteiger partial charge < -0.3 is 10.1 Å². The second kappa shape index (κ2) is 8.40. The number of piperidine rings is 1. The zero-order valence-corrected chi connectivity index (χ0v) is 18.2. The van der Waals surface area contributed by atoms with Crippen molar-refractivity contribution in [2.75, 3.05) is 26.4 Å². The number of hydrogen-bond acceptors (Lipinski definition) is 5. The second-order valence-corrected chi connectivity index (χ2v) is 10.3. The Balaban J connectivity index is 1.44. The van der Waals surface area contributed by atoms with Crippen molar-refractivity contribution < 1.29 is 17.9 Å². The van der Waals surface area contributed by atoms with Crippen LogP contribution in [0.15, 0.2) is 47.4 Å². The SMILES string of the molecule is CN1CCCC[C@H]1C(=O)NC[C@@H]1Cc2cccc(-c3ccc(S(C)(=O)=O)cc3)c2O1. The highest BCUT2D eigenvalue weighted by molar-refractivity contribution is 7.90. The molecule has 160 valence electrons. The molecule has 0 bridgehead atoms. The average molecular weight is 429 g/mol. The third kappa shape index (κ3) is 4.37. The first kappa shape index (κ1) is 20.9. The number of hydrogen-bond donors (Lipinski definition) is 1. The van der Waals surface area contributed by atoms with Crippen LogP contribution in [0.1, 0.15) is 24.8 Å². The Bertz CT molecular complexity index is 1030. The van der Waals surface area contributed by atoms with E-state index in [-0.39, 0.29) is 18.1 Å². The van der Waals surface area contributed by atoms with Crippen molar-refractivity contribution >= 4 is 15.7 Å². The van der Waals surface area contributed by atoms with E-state index < -0.39 is 9.84 Å². The zero-order valence-electron chi connectivity index (χ0n) is 17.4. The summed E-state index contributed by atoms with van der Waals surface area (Å²) in [6.07, 6.45) is 4.99. The molecule has 0 unspecified atom stereocenters. The lowest BCUT2D eigenvalue weighted by Crippen LogP contribution is -2.49. The summed E-state index contributed by atoms with van der Waals surface area (Å²) < 4.78 is 29.6. The van der Waals surface area contributed by atoms with Crippen molar-refractivity contribution in [1.29, 1.82) is 0 Å². The molecule has 4 rings (SSSR count). The fourth-order valence-corrected chi connectivity index (χ4v) is 4.93. The number of benzene rings is 2. The van der Waals surface area contributed by atoms with E-state index in [0.29, 0.717) is 11.4 Å². The summed E-state index contributed by atoms with van der Waals surface area (Å²) in [5.74, 6) is 0.895. The lowest BCUT2D eigenvalue weighted by Gasteiger charge is -2.31. The molecule has 1 fully saturated rings. The number of rotatable bonds is 5. The van der Waals surface area contributed by atoms with Crippen LogP contribution in [-0.4, -0.2) is 57.8 Å². The smallest absolute Gasteiger partial charge is 0.237 e. The van der Waals surface area contributed by atoms with E-state index in [9.17, 15) is 13.2 Å².